The maximum absolute atomic E-state index is 12.8. The molecule has 0 heterocycles. The second-order valence-corrected chi connectivity index (χ2v) is 3.42. The quantitative estimate of drug-likeness (QED) is 0.812. The number of carbonyl (C=O) groups excluding carboxylic acids is 2. The highest BCUT2D eigenvalue weighted by atomic mass is 19.1. The normalized spacial score (nSPS) is 11.7. The Hall–Kier alpha value is -1.91. The van der Waals surface area contributed by atoms with E-state index >= 15 is 0 Å². The van der Waals surface area contributed by atoms with E-state index in [1.165, 1.54) is 25.1 Å². The summed E-state index contributed by atoms with van der Waals surface area (Å²) in [6.45, 7) is 2.88. The molecule has 0 aromatic heterocycles. The van der Waals surface area contributed by atoms with Gasteiger partial charge in [0, 0.05) is 12.6 Å². The van der Waals surface area contributed by atoms with Crippen LogP contribution in [0.15, 0.2) is 24.3 Å². The summed E-state index contributed by atoms with van der Waals surface area (Å²) in [4.78, 5) is 22.2. The number of benzene rings is 1. The van der Waals surface area contributed by atoms with Crippen molar-refractivity contribution < 1.29 is 14.0 Å². The molecule has 0 aliphatic carbocycles. The first-order valence-electron chi connectivity index (χ1n) is 4.82. The van der Waals surface area contributed by atoms with Gasteiger partial charge in [-0.25, -0.2) is 4.39 Å². The molecule has 1 aromatic carbocycles. The molecule has 2 amide bonds. The molecule has 4 nitrogen and oxygen atoms in total. The lowest BCUT2D eigenvalue weighted by Gasteiger charge is -2.12. The first-order valence-corrected chi connectivity index (χ1v) is 4.82. The standard InChI is InChI=1S/C11H13FN2O2/c1-7(13-8(2)15)11(16)14-10-5-3-4-9(12)6-10/h3-7H,1-2H3,(H,13,15)(H,14,16). The molecule has 5 heteroatoms. The fourth-order valence-electron chi connectivity index (χ4n) is 1.19. The Kier molecular flexibility index (Phi) is 3.99. The molecule has 0 saturated carbocycles. The van der Waals surface area contributed by atoms with E-state index in [0.717, 1.165) is 0 Å². The molecule has 0 aliphatic heterocycles. The molecular formula is C11H13FN2O2. The Bertz CT molecular complexity index is 407. The van der Waals surface area contributed by atoms with Crippen LogP contribution in [0.5, 0.6) is 0 Å². The van der Waals surface area contributed by atoms with E-state index in [0.29, 0.717) is 5.69 Å². The second kappa shape index (κ2) is 5.25. The molecule has 2 N–H and O–H groups in total. The van der Waals surface area contributed by atoms with Crippen molar-refractivity contribution in [3.8, 4) is 0 Å². The van der Waals surface area contributed by atoms with Gasteiger partial charge < -0.3 is 10.6 Å². The Labute approximate surface area is 92.8 Å². The molecule has 1 rings (SSSR count). The number of rotatable bonds is 3. The van der Waals surface area contributed by atoms with Crippen LogP contribution in [0.3, 0.4) is 0 Å². The third-order valence-electron chi connectivity index (χ3n) is 1.91. The van der Waals surface area contributed by atoms with Crippen molar-refractivity contribution in [1.29, 1.82) is 0 Å². The van der Waals surface area contributed by atoms with Gasteiger partial charge in [0.1, 0.15) is 11.9 Å². The van der Waals surface area contributed by atoms with Crippen LogP contribution in [0.2, 0.25) is 0 Å². The molecule has 0 fully saturated rings. The topological polar surface area (TPSA) is 58.2 Å². The molecule has 1 atom stereocenters. The molecule has 1 unspecified atom stereocenters. The van der Waals surface area contributed by atoms with E-state index < -0.39 is 11.9 Å². The van der Waals surface area contributed by atoms with E-state index in [9.17, 15) is 14.0 Å². The molecule has 16 heavy (non-hydrogen) atoms. The molecular weight excluding hydrogens is 211 g/mol. The Morgan fingerprint density at radius 1 is 1.38 bits per heavy atom. The summed E-state index contributed by atoms with van der Waals surface area (Å²) in [5.41, 5.74) is 0.363. The first kappa shape index (κ1) is 12.2. The van der Waals surface area contributed by atoms with Crippen LogP contribution in [0.1, 0.15) is 13.8 Å². The van der Waals surface area contributed by atoms with Crippen molar-refractivity contribution in [2.24, 2.45) is 0 Å². The summed E-state index contributed by atoms with van der Waals surface area (Å²) in [7, 11) is 0. The summed E-state index contributed by atoms with van der Waals surface area (Å²) in [5, 5.41) is 4.93. The van der Waals surface area contributed by atoms with Crippen molar-refractivity contribution in [3.63, 3.8) is 0 Å². The molecule has 0 radical (unpaired) electrons. The van der Waals surface area contributed by atoms with Crippen molar-refractivity contribution in [2.45, 2.75) is 19.9 Å². The summed E-state index contributed by atoms with van der Waals surface area (Å²) in [5.74, 6) is -1.10. The van der Waals surface area contributed by atoms with Crippen LogP contribution >= 0.6 is 0 Å². The lowest BCUT2D eigenvalue weighted by Crippen LogP contribution is -2.40. The highest BCUT2D eigenvalue weighted by Crippen LogP contribution is 2.09. The second-order valence-electron chi connectivity index (χ2n) is 3.42. The van der Waals surface area contributed by atoms with Crippen LogP contribution in [0.4, 0.5) is 10.1 Å². The SMILES string of the molecule is CC(=O)NC(C)C(=O)Nc1cccc(F)c1. The third-order valence-corrected chi connectivity index (χ3v) is 1.91. The predicted octanol–water partition coefficient (Wildman–Crippen LogP) is 1.29. The average Bonchev–Trinajstić information content (AvgIpc) is 2.16. The number of anilines is 1. The Morgan fingerprint density at radius 3 is 2.62 bits per heavy atom. The van der Waals surface area contributed by atoms with Gasteiger partial charge in [-0.15, -0.1) is 0 Å². The van der Waals surface area contributed by atoms with Gasteiger partial charge in [0.25, 0.3) is 0 Å². The van der Waals surface area contributed by atoms with Crippen LogP contribution in [0, 0.1) is 5.82 Å². The van der Waals surface area contributed by atoms with Crippen LogP contribution in [-0.4, -0.2) is 17.9 Å². The van der Waals surface area contributed by atoms with E-state index in [1.807, 2.05) is 0 Å². The minimum atomic E-state index is -0.652. The minimum Gasteiger partial charge on any atom is -0.345 e. The van der Waals surface area contributed by atoms with E-state index in [4.69, 9.17) is 0 Å². The molecule has 0 spiro atoms. The van der Waals surface area contributed by atoms with Crippen molar-refractivity contribution in [1.82, 2.24) is 5.32 Å². The molecule has 0 bridgehead atoms. The minimum absolute atomic E-state index is 0.290. The molecule has 1 aromatic rings. The number of carbonyl (C=O) groups is 2. The Balaban J connectivity index is 2.60. The fraction of sp³-hybridized carbons (Fsp3) is 0.273. The van der Waals surface area contributed by atoms with Crippen LogP contribution in [-0.2, 0) is 9.59 Å². The summed E-state index contributed by atoms with van der Waals surface area (Å²) < 4.78 is 12.8. The first-order chi connectivity index (χ1) is 7.49. The van der Waals surface area contributed by atoms with Gasteiger partial charge in [0.05, 0.1) is 0 Å². The van der Waals surface area contributed by atoms with Crippen molar-refractivity contribution in [2.75, 3.05) is 5.32 Å². The summed E-state index contributed by atoms with van der Waals surface area (Å²) >= 11 is 0. The molecule has 0 saturated heterocycles. The lowest BCUT2D eigenvalue weighted by atomic mass is 10.2. The van der Waals surface area contributed by atoms with Gasteiger partial charge in [-0.1, -0.05) is 6.07 Å². The fourth-order valence-corrected chi connectivity index (χ4v) is 1.19. The van der Waals surface area contributed by atoms with Gasteiger partial charge in [0.2, 0.25) is 11.8 Å². The van der Waals surface area contributed by atoms with Crippen LogP contribution in [0.25, 0.3) is 0 Å². The number of hydrogen-bond donors (Lipinski definition) is 2. The number of halogens is 1. The van der Waals surface area contributed by atoms with Gasteiger partial charge in [-0.2, -0.15) is 0 Å². The molecule has 86 valence electrons. The molecule has 0 aliphatic rings. The maximum Gasteiger partial charge on any atom is 0.246 e. The highest BCUT2D eigenvalue weighted by Gasteiger charge is 2.13. The number of amides is 2. The summed E-state index contributed by atoms with van der Waals surface area (Å²) in [6.07, 6.45) is 0. The number of nitrogens with one attached hydrogen (secondary N) is 2. The zero-order chi connectivity index (χ0) is 12.1. The van der Waals surface area contributed by atoms with Gasteiger partial charge in [-0.05, 0) is 25.1 Å². The summed E-state index contributed by atoms with van der Waals surface area (Å²) in [6, 6.07) is 4.90. The third kappa shape index (κ3) is 3.68. The van der Waals surface area contributed by atoms with Crippen molar-refractivity contribution in [3.05, 3.63) is 30.1 Å². The Morgan fingerprint density at radius 2 is 2.06 bits per heavy atom. The average molecular weight is 224 g/mol. The smallest absolute Gasteiger partial charge is 0.246 e. The van der Waals surface area contributed by atoms with E-state index in [-0.39, 0.29) is 11.8 Å². The van der Waals surface area contributed by atoms with Crippen molar-refractivity contribution >= 4 is 17.5 Å². The number of hydrogen-bond acceptors (Lipinski definition) is 2. The van der Waals surface area contributed by atoms with Gasteiger partial charge in [0.15, 0.2) is 0 Å². The zero-order valence-electron chi connectivity index (χ0n) is 9.08. The maximum atomic E-state index is 12.8. The van der Waals surface area contributed by atoms with Gasteiger partial charge in [-0.3, -0.25) is 9.59 Å². The zero-order valence-corrected chi connectivity index (χ0v) is 9.08. The van der Waals surface area contributed by atoms with E-state index in [1.54, 1.807) is 13.0 Å². The van der Waals surface area contributed by atoms with E-state index in [2.05, 4.69) is 10.6 Å². The monoisotopic (exact) mass is 224 g/mol. The highest BCUT2D eigenvalue weighted by molar-refractivity contribution is 5.96. The van der Waals surface area contributed by atoms with Gasteiger partial charge >= 0.3 is 0 Å². The largest absolute Gasteiger partial charge is 0.345 e. The van der Waals surface area contributed by atoms with Crippen LogP contribution < -0.4 is 10.6 Å². The lowest BCUT2D eigenvalue weighted by molar-refractivity contribution is -0.124. The predicted molar refractivity (Wildman–Crippen MR) is 58.3 cm³/mol.